The quantitative estimate of drug-likeness (QED) is 0.398. The standard InChI is InChI=1S/C31H34ClN5O2/c1-3-27(38)29-22-15-37(16-23(22)29)30-21-12-14-36(26-11-5-8-19-7-4-10-24(32)28(19)26)17-25(21)33-31(34-30)39-18-20-9-6-13-35(20)2/h3-5,7-8,10-11,20,22-23,29H,1,6,9,12-18H2,2H3/t20-,22-,23+,29+/m0/s1. The Labute approximate surface area is 234 Å². The molecule has 1 saturated carbocycles. The second-order valence-corrected chi connectivity index (χ2v) is 11.9. The highest BCUT2D eigenvalue weighted by molar-refractivity contribution is 6.36. The van der Waals surface area contributed by atoms with Crippen LogP contribution in [0.4, 0.5) is 11.5 Å². The van der Waals surface area contributed by atoms with Crippen molar-refractivity contribution in [1.82, 2.24) is 14.9 Å². The average molecular weight is 544 g/mol. The molecule has 3 aliphatic heterocycles. The molecule has 0 unspecified atom stereocenters. The molecule has 0 radical (unpaired) electrons. The van der Waals surface area contributed by atoms with E-state index >= 15 is 0 Å². The maximum Gasteiger partial charge on any atom is 0.318 e. The summed E-state index contributed by atoms with van der Waals surface area (Å²) in [7, 11) is 2.16. The fourth-order valence-corrected chi connectivity index (χ4v) is 7.36. The van der Waals surface area contributed by atoms with Gasteiger partial charge in [-0.15, -0.1) is 0 Å². The molecule has 0 bridgehead atoms. The van der Waals surface area contributed by atoms with E-state index in [9.17, 15) is 4.79 Å². The Morgan fingerprint density at radius 1 is 1.13 bits per heavy atom. The van der Waals surface area contributed by atoms with Gasteiger partial charge < -0.3 is 19.4 Å². The van der Waals surface area contributed by atoms with E-state index in [0.717, 1.165) is 72.0 Å². The average Bonchev–Trinajstić information content (AvgIpc) is 3.23. The number of ketones is 1. The number of halogens is 1. The van der Waals surface area contributed by atoms with Crippen LogP contribution in [-0.4, -0.2) is 66.5 Å². The zero-order chi connectivity index (χ0) is 26.7. The van der Waals surface area contributed by atoms with Crippen LogP contribution in [0.5, 0.6) is 6.01 Å². The minimum absolute atomic E-state index is 0.136. The molecule has 4 aliphatic rings. The van der Waals surface area contributed by atoms with Gasteiger partial charge in [-0.1, -0.05) is 42.4 Å². The van der Waals surface area contributed by atoms with Crippen LogP contribution in [0.25, 0.3) is 10.8 Å². The van der Waals surface area contributed by atoms with Gasteiger partial charge >= 0.3 is 6.01 Å². The maximum atomic E-state index is 12.2. The van der Waals surface area contributed by atoms with Crippen LogP contribution in [0.2, 0.25) is 5.02 Å². The molecule has 0 N–H and O–H groups in total. The molecular weight excluding hydrogens is 510 g/mol. The van der Waals surface area contributed by atoms with Crippen molar-refractivity contribution in [2.24, 2.45) is 17.8 Å². The third-order valence-electron chi connectivity index (χ3n) is 9.29. The predicted octanol–water partition coefficient (Wildman–Crippen LogP) is 4.76. The summed E-state index contributed by atoms with van der Waals surface area (Å²) in [5, 5.41) is 2.98. The van der Waals surface area contributed by atoms with Crippen molar-refractivity contribution in [2.75, 3.05) is 49.6 Å². The molecule has 202 valence electrons. The summed E-state index contributed by atoms with van der Waals surface area (Å²) in [6.45, 7) is 8.63. The first-order chi connectivity index (χ1) is 19.0. The van der Waals surface area contributed by atoms with Crippen molar-refractivity contribution in [3.8, 4) is 6.01 Å². The van der Waals surface area contributed by atoms with Crippen LogP contribution in [0.15, 0.2) is 49.1 Å². The van der Waals surface area contributed by atoms with Gasteiger partial charge in [-0.25, -0.2) is 0 Å². The van der Waals surface area contributed by atoms with E-state index in [1.54, 1.807) is 0 Å². The monoisotopic (exact) mass is 543 g/mol. The number of ether oxygens (including phenoxy) is 1. The topological polar surface area (TPSA) is 61.8 Å². The number of likely N-dealkylation sites (N-methyl/N-ethyl adjacent to an activating group) is 1. The fraction of sp³-hybridized carbons (Fsp3) is 0.452. The Hall–Kier alpha value is -3.16. The van der Waals surface area contributed by atoms with Gasteiger partial charge in [0.1, 0.15) is 12.4 Å². The number of carbonyl (C=O) groups is 1. The number of likely N-dealkylation sites (tertiary alicyclic amines) is 1. The summed E-state index contributed by atoms with van der Waals surface area (Å²) in [5.74, 6) is 2.11. The van der Waals surface area contributed by atoms with Crippen LogP contribution in [0.1, 0.15) is 24.1 Å². The summed E-state index contributed by atoms with van der Waals surface area (Å²) in [6, 6.07) is 13.3. The number of piperidine rings is 1. The third kappa shape index (κ3) is 4.36. The van der Waals surface area contributed by atoms with E-state index in [1.165, 1.54) is 18.1 Å². The zero-order valence-electron chi connectivity index (χ0n) is 22.4. The minimum Gasteiger partial charge on any atom is -0.462 e. The lowest BCUT2D eigenvalue weighted by Gasteiger charge is -2.34. The van der Waals surface area contributed by atoms with Crippen LogP contribution >= 0.6 is 11.6 Å². The Morgan fingerprint density at radius 2 is 1.92 bits per heavy atom. The van der Waals surface area contributed by atoms with Gasteiger partial charge in [0, 0.05) is 48.2 Å². The van der Waals surface area contributed by atoms with Crippen molar-refractivity contribution in [2.45, 2.75) is 31.8 Å². The number of allylic oxidation sites excluding steroid dienone is 1. The zero-order valence-corrected chi connectivity index (χ0v) is 23.1. The number of hydrogen-bond acceptors (Lipinski definition) is 7. The van der Waals surface area contributed by atoms with Gasteiger partial charge in [0.15, 0.2) is 5.78 Å². The molecule has 2 saturated heterocycles. The van der Waals surface area contributed by atoms with Gasteiger partial charge in [0.05, 0.1) is 17.3 Å². The van der Waals surface area contributed by atoms with E-state index in [2.05, 4.69) is 52.6 Å². The Bertz CT molecular complexity index is 1440. The molecule has 0 amide bonds. The first kappa shape index (κ1) is 24.9. The van der Waals surface area contributed by atoms with Gasteiger partial charge in [-0.2, -0.15) is 9.97 Å². The Balaban J connectivity index is 1.20. The van der Waals surface area contributed by atoms with Crippen molar-refractivity contribution in [1.29, 1.82) is 0 Å². The van der Waals surface area contributed by atoms with E-state index < -0.39 is 0 Å². The van der Waals surface area contributed by atoms with Crippen molar-refractivity contribution in [3.05, 3.63) is 65.3 Å². The van der Waals surface area contributed by atoms with E-state index in [4.69, 9.17) is 26.3 Å². The highest BCUT2D eigenvalue weighted by Gasteiger charge is 2.59. The normalized spacial score (nSPS) is 26.0. The number of aromatic nitrogens is 2. The van der Waals surface area contributed by atoms with Gasteiger partial charge in [-0.3, -0.25) is 4.79 Å². The Kier molecular flexibility index (Phi) is 6.24. The minimum atomic E-state index is 0.136. The lowest BCUT2D eigenvalue weighted by atomic mass is 10.0. The number of rotatable bonds is 7. The van der Waals surface area contributed by atoms with Gasteiger partial charge in [0.25, 0.3) is 0 Å². The maximum absolute atomic E-state index is 12.2. The number of anilines is 2. The van der Waals surface area contributed by atoms with E-state index in [1.807, 2.05) is 12.1 Å². The van der Waals surface area contributed by atoms with E-state index in [0.29, 0.717) is 37.0 Å². The first-order valence-corrected chi connectivity index (χ1v) is 14.5. The second kappa shape index (κ2) is 9.79. The summed E-state index contributed by atoms with van der Waals surface area (Å²) in [5.41, 5.74) is 3.35. The molecule has 39 heavy (non-hydrogen) atoms. The summed E-state index contributed by atoms with van der Waals surface area (Å²) >= 11 is 6.68. The molecule has 1 aliphatic carbocycles. The lowest BCUT2D eigenvalue weighted by molar-refractivity contribution is -0.116. The summed E-state index contributed by atoms with van der Waals surface area (Å²) < 4.78 is 6.27. The highest BCUT2D eigenvalue weighted by Crippen LogP contribution is 2.53. The SMILES string of the molecule is C=CC(=O)[C@H]1[C@@H]2CN(c3nc(OC[C@@H]4CCCN4C)nc4c3CCN(c3cccc5cccc(Cl)c35)C4)C[C@@H]21. The Morgan fingerprint density at radius 3 is 2.67 bits per heavy atom. The molecule has 2 aromatic carbocycles. The van der Waals surface area contributed by atoms with Crippen molar-refractivity contribution >= 4 is 39.7 Å². The highest BCUT2D eigenvalue weighted by atomic mass is 35.5. The molecule has 1 aromatic heterocycles. The molecule has 4 heterocycles. The number of fused-ring (bicyclic) bond motifs is 3. The van der Waals surface area contributed by atoms with Crippen molar-refractivity contribution < 1.29 is 9.53 Å². The lowest BCUT2D eigenvalue weighted by Crippen LogP contribution is -2.35. The number of carbonyl (C=O) groups excluding carboxylic acids is 1. The second-order valence-electron chi connectivity index (χ2n) is 11.5. The van der Waals surface area contributed by atoms with Crippen LogP contribution in [-0.2, 0) is 17.8 Å². The fourth-order valence-electron chi connectivity index (χ4n) is 7.08. The van der Waals surface area contributed by atoms with Crippen LogP contribution < -0.4 is 14.5 Å². The first-order valence-electron chi connectivity index (χ1n) is 14.1. The van der Waals surface area contributed by atoms with Crippen LogP contribution in [0.3, 0.4) is 0 Å². The van der Waals surface area contributed by atoms with Gasteiger partial charge in [-0.05, 0) is 68.3 Å². The summed E-state index contributed by atoms with van der Waals surface area (Å²) in [4.78, 5) is 29.3. The third-order valence-corrected chi connectivity index (χ3v) is 9.61. The number of benzene rings is 2. The van der Waals surface area contributed by atoms with Gasteiger partial charge in [0.2, 0.25) is 0 Å². The molecule has 7 nitrogen and oxygen atoms in total. The predicted molar refractivity (Wildman–Crippen MR) is 155 cm³/mol. The van der Waals surface area contributed by atoms with E-state index in [-0.39, 0.29) is 11.7 Å². The molecule has 3 fully saturated rings. The molecular formula is C31H34ClN5O2. The van der Waals surface area contributed by atoms with Crippen LogP contribution in [0, 0.1) is 17.8 Å². The molecule has 7 rings (SSSR count). The molecule has 3 aromatic rings. The largest absolute Gasteiger partial charge is 0.462 e. The number of hydrogen-bond donors (Lipinski definition) is 0. The molecule has 8 heteroatoms. The smallest absolute Gasteiger partial charge is 0.318 e. The molecule has 4 atom stereocenters. The summed E-state index contributed by atoms with van der Waals surface area (Å²) in [6.07, 6.45) is 4.67. The number of nitrogens with zero attached hydrogens (tertiary/aromatic N) is 5. The van der Waals surface area contributed by atoms with Crippen molar-refractivity contribution in [3.63, 3.8) is 0 Å². The molecule has 0 spiro atoms.